The molecule has 5 rings (SSSR count). The van der Waals surface area contributed by atoms with Crippen LogP contribution in [0.5, 0.6) is 0 Å². The van der Waals surface area contributed by atoms with Crippen LogP contribution in [0, 0.1) is 0 Å². The summed E-state index contributed by atoms with van der Waals surface area (Å²) in [5.74, 6) is 0. The molecule has 1 aliphatic carbocycles. The van der Waals surface area contributed by atoms with Crippen LogP contribution in [0.15, 0.2) is 121 Å². The number of rotatable bonds is 12. The van der Waals surface area contributed by atoms with Gasteiger partial charge in [-0.05, 0) is 22.3 Å². The summed E-state index contributed by atoms with van der Waals surface area (Å²) in [4.78, 5) is 0. The summed E-state index contributed by atoms with van der Waals surface area (Å²) in [7, 11) is 0. The third-order valence-corrected chi connectivity index (χ3v) is 6.84. The standard InChI is InChI=1S/C34H36O5/c35-30-21-31(36-22-26-13-5-1-6-14-26)33(38-24-28-17-9-3-10-18-28)34(39-25-29-19-11-4-12-20-29)32(30)37-23-27-15-7-2-8-16-27/h1-20,30-35H,21-25H2/t30-,31-,32-,33+,34+/m1/s1/i21D/t21-,30-,31-,32-,33+,34+. The molecular formula is C34H36O5. The normalized spacial score (nSPS) is 25.2. The van der Waals surface area contributed by atoms with Crippen LogP contribution in [0.25, 0.3) is 0 Å². The van der Waals surface area contributed by atoms with Crippen LogP contribution < -0.4 is 0 Å². The maximum Gasteiger partial charge on any atom is 0.115 e. The molecule has 39 heavy (non-hydrogen) atoms. The Hall–Kier alpha value is -3.32. The summed E-state index contributed by atoms with van der Waals surface area (Å²) >= 11 is 0. The van der Waals surface area contributed by atoms with Crippen LogP contribution in [-0.2, 0) is 45.4 Å². The Morgan fingerprint density at radius 1 is 0.487 bits per heavy atom. The van der Waals surface area contributed by atoms with Crippen LogP contribution in [0.1, 0.15) is 30.0 Å². The van der Waals surface area contributed by atoms with Crippen molar-refractivity contribution < 1.29 is 25.4 Å². The molecular weight excluding hydrogens is 488 g/mol. The molecule has 202 valence electrons. The lowest BCUT2D eigenvalue weighted by Crippen LogP contribution is -2.59. The van der Waals surface area contributed by atoms with E-state index in [1.165, 1.54) is 0 Å². The minimum absolute atomic E-state index is 0.279. The van der Waals surface area contributed by atoms with E-state index in [-0.39, 0.29) is 6.61 Å². The van der Waals surface area contributed by atoms with Crippen molar-refractivity contribution in [3.8, 4) is 0 Å². The van der Waals surface area contributed by atoms with Crippen molar-refractivity contribution >= 4 is 0 Å². The zero-order chi connectivity index (χ0) is 27.6. The van der Waals surface area contributed by atoms with Gasteiger partial charge in [-0.1, -0.05) is 121 Å². The van der Waals surface area contributed by atoms with Gasteiger partial charge in [-0.25, -0.2) is 0 Å². The lowest BCUT2D eigenvalue weighted by atomic mass is 9.86. The van der Waals surface area contributed by atoms with Crippen molar-refractivity contribution in [3.05, 3.63) is 144 Å². The van der Waals surface area contributed by atoms with E-state index in [1.54, 1.807) is 0 Å². The topological polar surface area (TPSA) is 57.2 Å². The molecule has 0 bridgehead atoms. The van der Waals surface area contributed by atoms with E-state index < -0.39 is 36.9 Å². The average molecular weight is 526 g/mol. The average Bonchev–Trinajstić information content (AvgIpc) is 3.01. The highest BCUT2D eigenvalue weighted by molar-refractivity contribution is 5.16. The van der Waals surface area contributed by atoms with Gasteiger partial charge in [-0.15, -0.1) is 0 Å². The molecule has 1 fully saturated rings. The fourth-order valence-electron chi connectivity index (χ4n) is 4.77. The van der Waals surface area contributed by atoms with E-state index in [2.05, 4.69) is 0 Å². The highest BCUT2D eigenvalue weighted by Gasteiger charge is 2.47. The molecule has 0 amide bonds. The molecule has 1 saturated carbocycles. The second-order valence-electron chi connectivity index (χ2n) is 9.73. The van der Waals surface area contributed by atoms with Gasteiger partial charge in [0.1, 0.15) is 18.3 Å². The first-order valence-corrected chi connectivity index (χ1v) is 13.4. The Morgan fingerprint density at radius 2 is 0.821 bits per heavy atom. The van der Waals surface area contributed by atoms with Crippen molar-refractivity contribution in [1.82, 2.24) is 0 Å². The van der Waals surface area contributed by atoms with Gasteiger partial charge in [0.2, 0.25) is 0 Å². The van der Waals surface area contributed by atoms with Gasteiger partial charge >= 0.3 is 0 Å². The third kappa shape index (κ3) is 7.85. The molecule has 5 nitrogen and oxygen atoms in total. The quantitative estimate of drug-likeness (QED) is 0.243. The second kappa shape index (κ2) is 14.2. The van der Waals surface area contributed by atoms with Crippen molar-refractivity contribution in [2.45, 2.75) is 63.3 Å². The van der Waals surface area contributed by atoms with Gasteiger partial charge in [0.15, 0.2) is 0 Å². The fourth-order valence-corrected chi connectivity index (χ4v) is 4.77. The Morgan fingerprint density at radius 3 is 1.23 bits per heavy atom. The van der Waals surface area contributed by atoms with Gasteiger partial charge < -0.3 is 24.1 Å². The molecule has 4 aromatic carbocycles. The summed E-state index contributed by atoms with van der Waals surface area (Å²) in [6.45, 7) is 1.19. The lowest BCUT2D eigenvalue weighted by molar-refractivity contribution is -0.240. The van der Waals surface area contributed by atoms with Crippen LogP contribution in [0.3, 0.4) is 0 Å². The Labute approximate surface area is 232 Å². The summed E-state index contributed by atoms with van der Waals surface area (Å²) < 4.78 is 34.7. The second-order valence-corrected chi connectivity index (χ2v) is 9.73. The monoisotopic (exact) mass is 525 g/mol. The van der Waals surface area contributed by atoms with Gasteiger partial charge in [-0.3, -0.25) is 0 Å². The van der Waals surface area contributed by atoms with Gasteiger partial charge in [-0.2, -0.15) is 0 Å². The highest BCUT2D eigenvalue weighted by Crippen LogP contribution is 2.32. The number of aliphatic hydroxyl groups is 1. The zero-order valence-corrected chi connectivity index (χ0v) is 21.9. The molecule has 0 radical (unpaired) electrons. The van der Waals surface area contributed by atoms with Crippen LogP contribution in [-0.4, -0.2) is 35.6 Å². The minimum Gasteiger partial charge on any atom is -0.390 e. The Balaban J connectivity index is 1.42. The summed E-state index contributed by atoms with van der Waals surface area (Å²) in [6, 6.07) is 39.4. The van der Waals surface area contributed by atoms with Crippen LogP contribution in [0.2, 0.25) is 0 Å². The predicted molar refractivity (Wildman–Crippen MR) is 151 cm³/mol. The number of ether oxygens (including phenoxy) is 4. The fraction of sp³-hybridized carbons (Fsp3) is 0.294. The van der Waals surface area contributed by atoms with E-state index in [0.717, 1.165) is 22.3 Å². The predicted octanol–water partition coefficient (Wildman–Crippen LogP) is 6.09. The molecule has 0 saturated heterocycles. The first kappa shape index (κ1) is 25.9. The van der Waals surface area contributed by atoms with Gasteiger partial charge in [0, 0.05) is 7.77 Å². The first-order valence-electron chi connectivity index (χ1n) is 14.0. The molecule has 0 aromatic heterocycles. The minimum atomic E-state index is -1.14. The molecule has 0 spiro atoms. The van der Waals surface area contributed by atoms with Crippen LogP contribution in [0.4, 0.5) is 0 Å². The van der Waals surface area contributed by atoms with Crippen molar-refractivity contribution in [1.29, 1.82) is 0 Å². The number of hydrogen-bond acceptors (Lipinski definition) is 5. The van der Waals surface area contributed by atoms with Crippen molar-refractivity contribution in [3.63, 3.8) is 0 Å². The van der Waals surface area contributed by atoms with Crippen molar-refractivity contribution in [2.24, 2.45) is 0 Å². The zero-order valence-electron chi connectivity index (χ0n) is 22.9. The maximum absolute atomic E-state index is 11.4. The van der Waals surface area contributed by atoms with Crippen LogP contribution >= 0.6 is 0 Å². The molecule has 1 N–H and O–H groups in total. The largest absolute Gasteiger partial charge is 0.390 e. The third-order valence-electron chi connectivity index (χ3n) is 6.84. The number of benzene rings is 4. The maximum atomic E-state index is 11.4. The summed E-state index contributed by atoms with van der Waals surface area (Å²) in [5.41, 5.74) is 3.95. The molecule has 0 aliphatic heterocycles. The van der Waals surface area contributed by atoms with E-state index in [4.69, 9.17) is 20.3 Å². The van der Waals surface area contributed by atoms with Gasteiger partial charge in [0.25, 0.3) is 0 Å². The Bertz CT molecular complexity index is 1160. The molecule has 5 heteroatoms. The Kier molecular flexibility index (Phi) is 9.43. The SMILES string of the molecule is [2H][C@@H]1[C@@H](O)[C@@H](OCc2ccccc2)[C@H](OCc2ccccc2)[C@@H](OCc2ccccc2)[C@@H]1OCc1ccccc1. The van der Waals surface area contributed by atoms with E-state index in [9.17, 15) is 5.11 Å². The van der Waals surface area contributed by atoms with E-state index in [0.29, 0.717) is 19.8 Å². The van der Waals surface area contributed by atoms with Crippen molar-refractivity contribution in [2.75, 3.05) is 0 Å². The first-order chi connectivity index (χ1) is 19.7. The molecule has 1 aliphatic rings. The smallest absolute Gasteiger partial charge is 0.115 e. The highest BCUT2D eigenvalue weighted by atomic mass is 16.6. The molecule has 6 atom stereocenters. The lowest BCUT2D eigenvalue weighted by Gasteiger charge is -2.44. The molecule has 0 unspecified atom stereocenters. The molecule has 0 heterocycles. The molecule has 4 aromatic rings. The van der Waals surface area contributed by atoms with E-state index in [1.807, 2.05) is 121 Å². The number of aliphatic hydroxyl groups excluding tert-OH is 1. The summed E-state index contributed by atoms with van der Waals surface area (Å²) in [5, 5.41) is 11.4. The van der Waals surface area contributed by atoms with Gasteiger partial charge in [0.05, 0.1) is 38.6 Å². The summed E-state index contributed by atoms with van der Waals surface area (Å²) in [6.07, 6.45) is -4.99. The number of hydrogen-bond donors (Lipinski definition) is 1. The van der Waals surface area contributed by atoms with E-state index >= 15 is 0 Å².